The number of unbranched alkanes of at least 4 members (excludes halogenated alkanes) is 3. The molecule has 114 valence electrons. The second kappa shape index (κ2) is 8.74. The third-order valence-corrected chi connectivity index (χ3v) is 3.29. The molecule has 5 heteroatoms. The summed E-state index contributed by atoms with van der Waals surface area (Å²) < 4.78 is 0. The van der Waals surface area contributed by atoms with Crippen molar-refractivity contribution in [2.24, 2.45) is 0 Å². The number of nitrogens with one attached hydrogen (secondary N) is 2. The molecule has 1 aromatic rings. The largest absolute Gasteiger partial charge is 0.396 e. The molecule has 0 aliphatic carbocycles. The molecule has 20 heavy (non-hydrogen) atoms. The van der Waals surface area contributed by atoms with Crippen LogP contribution in [0.15, 0.2) is 0 Å². The zero-order valence-electron chi connectivity index (χ0n) is 13.2. The maximum Gasteiger partial charge on any atom is 0.135 e. The van der Waals surface area contributed by atoms with Crippen LogP contribution in [0.5, 0.6) is 0 Å². The third-order valence-electron chi connectivity index (χ3n) is 3.29. The first-order valence-corrected chi connectivity index (χ1v) is 7.51. The van der Waals surface area contributed by atoms with Crippen LogP contribution in [0.25, 0.3) is 0 Å². The van der Waals surface area contributed by atoms with Crippen molar-refractivity contribution >= 4 is 11.6 Å². The van der Waals surface area contributed by atoms with E-state index in [0.717, 1.165) is 55.3 Å². The lowest BCUT2D eigenvalue weighted by molar-refractivity contribution is 0.283. The van der Waals surface area contributed by atoms with Crippen LogP contribution in [-0.2, 0) is 0 Å². The Morgan fingerprint density at radius 3 is 2.30 bits per heavy atom. The molecule has 0 atom stereocenters. The average molecular weight is 280 g/mol. The molecule has 5 nitrogen and oxygen atoms in total. The van der Waals surface area contributed by atoms with Crippen LogP contribution in [0.2, 0.25) is 0 Å². The molecule has 3 N–H and O–H groups in total. The number of nitrogens with zero attached hydrogens (tertiary/aromatic N) is 2. The number of aromatic nitrogens is 2. The maximum atomic E-state index is 8.74. The van der Waals surface area contributed by atoms with E-state index in [2.05, 4.69) is 34.4 Å². The highest BCUT2D eigenvalue weighted by Crippen LogP contribution is 2.22. The van der Waals surface area contributed by atoms with Gasteiger partial charge in [0.05, 0.1) is 0 Å². The highest BCUT2D eigenvalue weighted by Gasteiger charge is 2.11. The molecule has 1 aromatic heterocycles. The van der Waals surface area contributed by atoms with Crippen molar-refractivity contribution in [2.45, 2.75) is 52.4 Å². The fourth-order valence-corrected chi connectivity index (χ4v) is 2.00. The molecule has 0 saturated heterocycles. The Morgan fingerprint density at radius 2 is 1.70 bits per heavy atom. The van der Waals surface area contributed by atoms with Crippen molar-refractivity contribution in [3.63, 3.8) is 0 Å². The SMILES string of the molecule is CNc1nc(C(C)C)nc(NCCCCCCO)c1C. The van der Waals surface area contributed by atoms with Crippen LogP contribution in [0.4, 0.5) is 11.6 Å². The van der Waals surface area contributed by atoms with E-state index in [1.807, 2.05) is 14.0 Å². The second-order valence-corrected chi connectivity index (χ2v) is 5.37. The first kappa shape index (κ1) is 16.7. The Labute approximate surface area is 122 Å². The van der Waals surface area contributed by atoms with Gasteiger partial charge in [-0.3, -0.25) is 0 Å². The topological polar surface area (TPSA) is 70.1 Å². The minimum absolute atomic E-state index is 0.293. The molecule has 1 heterocycles. The lowest BCUT2D eigenvalue weighted by Gasteiger charge is -2.15. The summed E-state index contributed by atoms with van der Waals surface area (Å²) in [5.74, 6) is 3.00. The fraction of sp³-hybridized carbons (Fsp3) is 0.733. The zero-order chi connectivity index (χ0) is 15.0. The fourth-order valence-electron chi connectivity index (χ4n) is 2.00. The molecule has 0 radical (unpaired) electrons. The number of aliphatic hydroxyl groups excluding tert-OH is 1. The Kier molecular flexibility index (Phi) is 7.30. The molecule has 0 fully saturated rings. The molecule has 0 saturated carbocycles. The summed E-state index contributed by atoms with van der Waals surface area (Å²) in [4.78, 5) is 9.14. The van der Waals surface area contributed by atoms with Crippen molar-refractivity contribution < 1.29 is 5.11 Å². The van der Waals surface area contributed by atoms with Crippen LogP contribution in [0.1, 0.15) is 56.8 Å². The molecule has 0 amide bonds. The van der Waals surface area contributed by atoms with E-state index in [1.165, 1.54) is 0 Å². The Balaban J connectivity index is 2.61. The minimum Gasteiger partial charge on any atom is -0.396 e. The normalized spacial score (nSPS) is 10.9. The smallest absolute Gasteiger partial charge is 0.135 e. The number of hydrogen-bond donors (Lipinski definition) is 3. The number of aliphatic hydroxyl groups is 1. The van der Waals surface area contributed by atoms with Crippen molar-refractivity contribution in [1.82, 2.24) is 9.97 Å². The van der Waals surface area contributed by atoms with E-state index in [1.54, 1.807) is 0 Å². The predicted molar refractivity (Wildman–Crippen MR) is 84.4 cm³/mol. The van der Waals surface area contributed by atoms with Crippen LogP contribution in [-0.4, -0.2) is 35.3 Å². The highest BCUT2D eigenvalue weighted by molar-refractivity contribution is 5.57. The van der Waals surface area contributed by atoms with Crippen LogP contribution < -0.4 is 10.6 Å². The quantitative estimate of drug-likeness (QED) is 0.607. The second-order valence-electron chi connectivity index (χ2n) is 5.37. The maximum absolute atomic E-state index is 8.74. The van der Waals surface area contributed by atoms with Crippen molar-refractivity contribution in [3.05, 3.63) is 11.4 Å². The van der Waals surface area contributed by atoms with Gasteiger partial charge in [-0.15, -0.1) is 0 Å². The summed E-state index contributed by atoms with van der Waals surface area (Å²) in [5.41, 5.74) is 1.06. The zero-order valence-corrected chi connectivity index (χ0v) is 13.2. The van der Waals surface area contributed by atoms with Crippen LogP contribution >= 0.6 is 0 Å². The molecule has 0 aliphatic heterocycles. The van der Waals surface area contributed by atoms with Gasteiger partial charge in [0.2, 0.25) is 0 Å². The van der Waals surface area contributed by atoms with E-state index in [0.29, 0.717) is 12.5 Å². The van der Waals surface area contributed by atoms with Gasteiger partial charge in [0.1, 0.15) is 17.5 Å². The van der Waals surface area contributed by atoms with Gasteiger partial charge in [-0.1, -0.05) is 26.7 Å². The van der Waals surface area contributed by atoms with Crippen LogP contribution in [0.3, 0.4) is 0 Å². The summed E-state index contributed by atoms with van der Waals surface area (Å²) in [5, 5.41) is 15.3. The number of hydrogen-bond acceptors (Lipinski definition) is 5. The minimum atomic E-state index is 0.293. The summed E-state index contributed by atoms with van der Waals surface area (Å²) in [7, 11) is 1.89. The molecule has 0 spiro atoms. The summed E-state index contributed by atoms with van der Waals surface area (Å²) >= 11 is 0. The third kappa shape index (κ3) is 4.96. The van der Waals surface area contributed by atoms with Gasteiger partial charge in [-0.25, -0.2) is 9.97 Å². The van der Waals surface area contributed by atoms with Gasteiger partial charge in [-0.2, -0.15) is 0 Å². The van der Waals surface area contributed by atoms with Gasteiger partial charge < -0.3 is 15.7 Å². The van der Waals surface area contributed by atoms with E-state index < -0.39 is 0 Å². The van der Waals surface area contributed by atoms with E-state index in [9.17, 15) is 0 Å². The average Bonchev–Trinajstić information content (AvgIpc) is 2.44. The van der Waals surface area contributed by atoms with Gasteiger partial charge in [0.15, 0.2) is 0 Å². The van der Waals surface area contributed by atoms with Gasteiger partial charge in [0, 0.05) is 31.7 Å². The van der Waals surface area contributed by atoms with E-state index in [-0.39, 0.29) is 0 Å². The monoisotopic (exact) mass is 280 g/mol. The highest BCUT2D eigenvalue weighted by atomic mass is 16.2. The van der Waals surface area contributed by atoms with Crippen molar-refractivity contribution in [1.29, 1.82) is 0 Å². The predicted octanol–water partition coefficient (Wildman–Crippen LogP) is 2.91. The van der Waals surface area contributed by atoms with E-state index in [4.69, 9.17) is 5.11 Å². The summed E-state index contributed by atoms with van der Waals surface area (Å²) in [6.45, 7) is 7.43. The number of anilines is 2. The molecule has 0 aliphatic rings. The standard InChI is InChI=1S/C15H28N4O/c1-11(2)13-18-14(16-4)12(3)15(19-13)17-9-7-5-6-8-10-20/h11,20H,5-10H2,1-4H3,(H2,16,17,18,19). The summed E-state index contributed by atoms with van der Waals surface area (Å²) in [6, 6.07) is 0. The molecular weight excluding hydrogens is 252 g/mol. The van der Waals surface area contributed by atoms with Crippen LogP contribution in [0, 0.1) is 6.92 Å². The first-order chi connectivity index (χ1) is 9.60. The lowest BCUT2D eigenvalue weighted by Crippen LogP contribution is -2.11. The lowest BCUT2D eigenvalue weighted by atomic mass is 10.2. The van der Waals surface area contributed by atoms with Crippen molar-refractivity contribution in [2.75, 3.05) is 30.8 Å². The molecule has 0 unspecified atom stereocenters. The van der Waals surface area contributed by atoms with Crippen molar-refractivity contribution in [3.8, 4) is 0 Å². The van der Waals surface area contributed by atoms with Gasteiger partial charge in [0.25, 0.3) is 0 Å². The molecular formula is C15H28N4O. The molecule has 0 aromatic carbocycles. The summed E-state index contributed by atoms with van der Waals surface area (Å²) in [6.07, 6.45) is 4.21. The Hall–Kier alpha value is -1.36. The Morgan fingerprint density at radius 1 is 1.05 bits per heavy atom. The molecule has 1 rings (SSSR count). The molecule has 0 bridgehead atoms. The van der Waals surface area contributed by atoms with Gasteiger partial charge in [-0.05, 0) is 19.8 Å². The first-order valence-electron chi connectivity index (χ1n) is 7.51. The number of rotatable bonds is 9. The Bertz CT molecular complexity index is 407. The van der Waals surface area contributed by atoms with Gasteiger partial charge >= 0.3 is 0 Å². The van der Waals surface area contributed by atoms with E-state index >= 15 is 0 Å².